The fraction of sp³-hybridized carbons (Fsp3) is 0.292. The van der Waals surface area contributed by atoms with Crippen molar-refractivity contribution in [2.75, 3.05) is 37.6 Å². The van der Waals surface area contributed by atoms with Crippen LogP contribution in [0.4, 0.5) is 5.82 Å². The van der Waals surface area contributed by atoms with E-state index in [1.807, 2.05) is 0 Å². The van der Waals surface area contributed by atoms with E-state index in [1.54, 1.807) is 29.2 Å². The van der Waals surface area contributed by atoms with Gasteiger partial charge in [-0.2, -0.15) is 0 Å². The van der Waals surface area contributed by atoms with Crippen molar-refractivity contribution in [3.63, 3.8) is 0 Å². The number of hydrogen-bond acceptors (Lipinski definition) is 4. The van der Waals surface area contributed by atoms with Crippen LogP contribution in [0, 0.1) is 13.8 Å². The van der Waals surface area contributed by atoms with E-state index in [-0.39, 0.29) is 18.4 Å². The number of nitrogens with zero attached hydrogens (tertiary/aromatic N) is 3. The first-order valence-electron chi connectivity index (χ1n) is 10.4. The molecule has 1 aliphatic heterocycles. The van der Waals surface area contributed by atoms with Gasteiger partial charge in [-0.3, -0.25) is 9.59 Å². The van der Waals surface area contributed by atoms with Crippen molar-refractivity contribution in [1.82, 2.24) is 15.2 Å². The average molecular weight is 437 g/mol. The van der Waals surface area contributed by atoms with Gasteiger partial charge in [-0.1, -0.05) is 29.8 Å². The van der Waals surface area contributed by atoms with Crippen LogP contribution in [0.2, 0.25) is 5.02 Å². The van der Waals surface area contributed by atoms with Crippen molar-refractivity contribution < 1.29 is 9.59 Å². The van der Waals surface area contributed by atoms with Gasteiger partial charge >= 0.3 is 0 Å². The maximum Gasteiger partial charge on any atom is 0.251 e. The Morgan fingerprint density at radius 3 is 2.42 bits per heavy atom. The highest BCUT2D eigenvalue weighted by Gasteiger charge is 2.23. The number of aromatic nitrogens is 1. The third-order valence-electron chi connectivity index (χ3n) is 5.70. The average Bonchev–Trinajstić information content (AvgIpc) is 2.78. The molecule has 1 aromatic heterocycles. The van der Waals surface area contributed by atoms with Gasteiger partial charge in [0.05, 0.1) is 12.1 Å². The molecule has 2 heterocycles. The number of carbonyl (C=O) groups excluding carboxylic acids is 2. The Hall–Kier alpha value is -3.12. The highest BCUT2D eigenvalue weighted by molar-refractivity contribution is 6.30. The molecule has 0 radical (unpaired) electrons. The van der Waals surface area contributed by atoms with Crippen molar-refractivity contribution >= 4 is 40.1 Å². The number of aryl methyl sites for hydroxylation is 2. The number of amides is 2. The minimum atomic E-state index is -0.283. The second kappa shape index (κ2) is 8.94. The van der Waals surface area contributed by atoms with E-state index in [4.69, 9.17) is 16.6 Å². The number of halogens is 1. The number of rotatable bonds is 4. The van der Waals surface area contributed by atoms with Crippen molar-refractivity contribution in [3.8, 4) is 0 Å². The Kier molecular flexibility index (Phi) is 6.09. The summed E-state index contributed by atoms with van der Waals surface area (Å²) in [4.78, 5) is 33.7. The van der Waals surface area contributed by atoms with Gasteiger partial charge in [0.1, 0.15) is 5.82 Å². The van der Waals surface area contributed by atoms with Crippen molar-refractivity contribution in [2.24, 2.45) is 0 Å². The van der Waals surface area contributed by atoms with Crippen molar-refractivity contribution in [3.05, 3.63) is 70.2 Å². The topological polar surface area (TPSA) is 65.5 Å². The quantitative estimate of drug-likeness (QED) is 0.678. The van der Waals surface area contributed by atoms with Gasteiger partial charge in [-0.05, 0) is 55.3 Å². The van der Waals surface area contributed by atoms with E-state index in [1.165, 1.54) is 10.9 Å². The number of para-hydroxylation sites is 1. The van der Waals surface area contributed by atoms with E-state index in [9.17, 15) is 9.59 Å². The summed E-state index contributed by atoms with van der Waals surface area (Å²) in [6, 6.07) is 14.9. The summed E-state index contributed by atoms with van der Waals surface area (Å²) in [7, 11) is 0. The van der Waals surface area contributed by atoms with E-state index in [0.717, 1.165) is 16.9 Å². The molecule has 4 rings (SSSR count). The van der Waals surface area contributed by atoms with Gasteiger partial charge < -0.3 is 15.1 Å². The number of anilines is 1. The molecule has 7 heteroatoms. The number of nitrogens with one attached hydrogen (secondary N) is 1. The molecule has 1 fully saturated rings. The summed E-state index contributed by atoms with van der Waals surface area (Å²) < 4.78 is 0. The smallest absolute Gasteiger partial charge is 0.251 e. The Balaban J connectivity index is 1.34. The molecule has 2 amide bonds. The molecule has 0 saturated carbocycles. The number of fused-ring (bicyclic) bond motifs is 1. The fourth-order valence-corrected chi connectivity index (χ4v) is 3.99. The standard InChI is InChI=1S/C24H25ClN4O2/c1-16-4-3-5-20-17(2)14-21(27-23(16)20)28-10-12-29(13-11-28)22(30)15-26-24(31)18-6-8-19(25)9-7-18/h3-9,14H,10-13,15H2,1-2H3,(H,26,31). The van der Waals surface area contributed by atoms with Crippen LogP contribution in [0.3, 0.4) is 0 Å². The SMILES string of the molecule is Cc1cc(N2CCN(C(=O)CNC(=O)c3ccc(Cl)cc3)CC2)nc2c(C)cccc12. The van der Waals surface area contributed by atoms with Crippen LogP contribution in [0.25, 0.3) is 10.9 Å². The molecule has 0 bridgehead atoms. The Labute approximate surface area is 186 Å². The molecule has 2 aromatic carbocycles. The van der Waals surface area contributed by atoms with Gasteiger partial charge in [0.2, 0.25) is 5.91 Å². The van der Waals surface area contributed by atoms with Gasteiger partial charge in [0, 0.05) is 42.2 Å². The summed E-state index contributed by atoms with van der Waals surface area (Å²) in [5, 5.41) is 4.43. The number of carbonyl (C=O) groups is 2. The van der Waals surface area contributed by atoms with Crippen LogP contribution in [-0.4, -0.2) is 54.4 Å². The minimum Gasteiger partial charge on any atom is -0.353 e. The lowest BCUT2D eigenvalue weighted by Crippen LogP contribution is -2.51. The molecule has 3 aromatic rings. The zero-order valence-electron chi connectivity index (χ0n) is 17.7. The molecule has 1 N–H and O–H groups in total. The normalized spacial score (nSPS) is 14.0. The summed E-state index contributed by atoms with van der Waals surface area (Å²) in [5.41, 5.74) is 3.87. The highest BCUT2D eigenvalue weighted by Crippen LogP contribution is 2.25. The second-order valence-electron chi connectivity index (χ2n) is 7.83. The summed E-state index contributed by atoms with van der Waals surface area (Å²) in [5.74, 6) is 0.581. The molecule has 0 unspecified atom stereocenters. The lowest BCUT2D eigenvalue weighted by molar-refractivity contribution is -0.130. The largest absolute Gasteiger partial charge is 0.353 e. The molecule has 1 aliphatic rings. The highest BCUT2D eigenvalue weighted by atomic mass is 35.5. The van der Waals surface area contributed by atoms with Crippen LogP contribution in [0.1, 0.15) is 21.5 Å². The first-order chi connectivity index (χ1) is 14.9. The third kappa shape index (κ3) is 4.64. The van der Waals surface area contributed by atoms with E-state index >= 15 is 0 Å². The van der Waals surface area contributed by atoms with Crippen LogP contribution < -0.4 is 10.2 Å². The van der Waals surface area contributed by atoms with Gasteiger partial charge in [-0.15, -0.1) is 0 Å². The van der Waals surface area contributed by atoms with E-state index in [2.05, 4.69) is 48.3 Å². The monoisotopic (exact) mass is 436 g/mol. The summed E-state index contributed by atoms with van der Waals surface area (Å²) in [6.45, 7) is 6.78. The number of benzene rings is 2. The van der Waals surface area contributed by atoms with Crippen LogP contribution >= 0.6 is 11.6 Å². The molecule has 0 spiro atoms. The van der Waals surface area contributed by atoms with Crippen LogP contribution in [0.15, 0.2) is 48.5 Å². The zero-order valence-corrected chi connectivity index (χ0v) is 18.4. The van der Waals surface area contributed by atoms with Crippen LogP contribution in [-0.2, 0) is 4.79 Å². The lowest BCUT2D eigenvalue weighted by Gasteiger charge is -2.35. The van der Waals surface area contributed by atoms with Crippen LogP contribution in [0.5, 0.6) is 0 Å². The molecular weight excluding hydrogens is 412 g/mol. The summed E-state index contributed by atoms with van der Waals surface area (Å²) >= 11 is 5.85. The van der Waals surface area contributed by atoms with Crippen molar-refractivity contribution in [1.29, 1.82) is 0 Å². The Bertz CT molecular complexity index is 1120. The number of hydrogen-bond donors (Lipinski definition) is 1. The predicted octanol–water partition coefficient (Wildman–Crippen LogP) is 3.58. The van der Waals surface area contributed by atoms with Crippen molar-refractivity contribution in [2.45, 2.75) is 13.8 Å². The molecule has 0 aliphatic carbocycles. The fourth-order valence-electron chi connectivity index (χ4n) is 3.86. The van der Waals surface area contributed by atoms with Gasteiger partial charge in [-0.25, -0.2) is 4.98 Å². The zero-order chi connectivity index (χ0) is 22.0. The minimum absolute atomic E-state index is 0.0199. The molecule has 31 heavy (non-hydrogen) atoms. The Morgan fingerprint density at radius 1 is 1.00 bits per heavy atom. The number of pyridine rings is 1. The molecule has 6 nitrogen and oxygen atoms in total. The predicted molar refractivity (Wildman–Crippen MR) is 124 cm³/mol. The Morgan fingerprint density at radius 2 is 1.71 bits per heavy atom. The first-order valence-corrected chi connectivity index (χ1v) is 10.7. The van der Waals surface area contributed by atoms with E-state index < -0.39 is 0 Å². The van der Waals surface area contributed by atoms with E-state index in [0.29, 0.717) is 36.8 Å². The maximum absolute atomic E-state index is 12.6. The second-order valence-corrected chi connectivity index (χ2v) is 8.26. The van der Waals surface area contributed by atoms with Gasteiger partial charge in [0.15, 0.2) is 0 Å². The number of piperazine rings is 1. The molecular formula is C24H25ClN4O2. The first kappa shape index (κ1) is 21.1. The molecule has 0 atom stereocenters. The molecule has 1 saturated heterocycles. The lowest BCUT2D eigenvalue weighted by atomic mass is 10.1. The molecule has 160 valence electrons. The third-order valence-corrected chi connectivity index (χ3v) is 5.95. The van der Waals surface area contributed by atoms with Gasteiger partial charge in [0.25, 0.3) is 5.91 Å². The maximum atomic E-state index is 12.6. The summed E-state index contributed by atoms with van der Waals surface area (Å²) in [6.07, 6.45) is 0.